The van der Waals surface area contributed by atoms with E-state index in [-0.39, 0.29) is 16.8 Å². The summed E-state index contributed by atoms with van der Waals surface area (Å²) in [7, 11) is 4.17. The number of anilines is 1. The topological polar surface area (TPSA) is 62.6 Å². The molecule has 2 rings (SSSR count). The highest BCUT2D eigenvalue weighted by Gasteiger charge is 2.32. The summed E-state index contributed by atoms with van der Waals surface area (Å²) >= 11 is 0. The number of carbonyl (C=O) groups excluding carboxylic acids is 1. The van der Waals surface area contributed by atoms with Gasteiger partial charge in [0.25, 0.3) is 5.91 Å². The number of nitrogens with zero attached hydrogens (tertiary/aromatic N) is 2. The van der Waals surface area contributed by atoms with Crippen molar-refractivity contribution in [3.05, 3.63) is 52.1 Å². The summed E-state index contributed by atoms with van der Waals surface area (Å²) in [5.41, 5.74) is 0.0935. The number of hydrogen-bond donors (Lipinski definition) is 0. The standard InChI is InChI=1S/C20H19F3N2O3/c1-11-15(10-24)16(12(2)18(28-5)17(11)27-4)19(26)25(3)14-8-6-7-13(9-14)20(21,22)23/h6-9H,1-5H3. The number of amides is 1. The second-order valence-corrected chi connectivity index (χ2v) is 6.09. The molecule has 0 heterocycles. The van der Waals surface area contributed by atoms with Crippen LogP contribution in [-0.2, 0) is 6.18 Å². The zero-order valence-electron chi connectivity index (χ0n) is 16.1. The summed E-state index contributed by atoms with van der Waals surface area (Å²) < 4.78 is 49.6. The Balaban J connectivity index is 2.64. The third-order valence-electron chi connectivity index (χ3n) is 4.49. The minimum Gasteiger partial charge on any atom is -0.493 e. The summed E-state index contributed by atoms with van der Waals surface area (Å²) in [6, 6.07) is 6.41. The lowest BCUT2D eigenvalue weighted by Crippen LogP contribution is -2.28. The van der Waals surface area contributed by atoms with Crippen molar-refractivity contribution in [2.75, 3.05) is 26.2 Å². The summed E-state index contributed by atoms with van der Waals surface area (Å²) in [4.78, 5) is 14.2. The normalized spacial score (nSPS) is 11.0. The Labute approximate surface area is 160 Å². The van der Waals surface area contributed by atoms with Crippen molar-refractivity contribution in [3.8, 4) is 17.6 Å². The molecule has 0 unspecified atom stereocenters. The van der Waals surface area contributed by atoms with Crippen molar-refractivity contribution in [1.82, 2.24) is 0 Å². The maximum atomic E-state index is 13.1. The average Bonchev–Trinajstić information content (AvgIpc) is 2.66. The second kappa shape index (κ2) is 7.80. The van der Waals surface area contributed by atoms with Gasteiger partial charge in [-0.25, -0.2) is 0 Å². The van der Waals surface area contributed by atoms with Crippen LogP contribution in [-0.4, -0.2) is 27.2 Å². The zero-order valence-corrected chi connectivity index (χ0v) is 16.1. The zero-order chi connectivity index (χ0) is 21.2. The lowest BCUT2D eigenvalue weighted by Gasteiger charge is -2.23. The molecule has 2 aromatic rings. The van der Waals surface area contributed by atoms with Gasteiger partial charge in [0.1, 0.15) is 6.07 Å². The lowest BCUT2D eigenvalue weighted by atomic mass is 9.94. The smallest absolute Gasteiger partial charge is 0.416 e. The van der Waals surface area contributed by atoms with Crippen LogP contribution in [0.25, 0.3) is 0 Å². The molecular weight excluding hydrogens is 373 g/mol. The van der Waals surface area contributed by atoms with Gasteiger partial charge >= 0.3 is 6.18 Å². The number of halogens is 3. The number of rotatable bonds is 4. The number of hydrogen-bond acceptors (Lipinski definition) is 4. The second-order valence-electron chi connectivity index (χ2n) is 6.09. The molecule has 5 nitrogen and oxygen atoms in total. The first-order chi connectivity index (χ1) is 13.1. The fourth-order valence-corrected chi connectivity index (χ4v) is 3.02. The molecular formula is C20H19F3N2O3. The van der Waals surface area contributed by atoms with Crippen molar-refractivity contribution in [2.24, 2.45) is 0 Å². The van der Waals surface area contributed by atoms with Gasteiger partial charge in [-0.05, 0) is 32.0 Å². The third-order valence-corrected chi connectivity index (χ3v) is 4.49. The van der Waals surface area contributed by atoms with E-state index < -0.39 is 17.6 Å². The number of benzene rings is 2. The van der Waals surface area contributed by atoms with E-state index in [0.29, 0.717) is 22.6 Å². The Morgan fingerprint density at radius 1 is 1.11 bits per heavy atom. The van der Waals surface area contributed by atoms with E-state index in [4.69, 9.17) is 9.47 Å². The monoisotopic (exact) mass is 392 g/mol. The SMILES string of the molecule is COc1c(C)c(C#N)c(C(=O)N(C)c2cccc(C(F)(F)F)c2)c(C)c1OC. The number of alkyl halides is 3. The van der Waals surface area contributed by atoms with Gasteiger partial charge < -0.3 is 14.4 Å². The predicted molar refractivity (Wildman–Crippen MR) is 97.9 cm³/mol. The van der Waals surface area contributed by atoms with Gasteiger partial charge in [-0.3, -0.25) is 4.79 Å². The van der Waals surface area contributed by atoms with Crippen molar-refractivity contribution < 1.29 is 27.4 Å². The average molecular weight is 392 g/mol. The highest BCUT2D eigenvalue weighted by molar-refractivity contribution is 6.09. The van der Waals surface area contributed by atoms with Gasteiger partial charge in [-0.2, -0.15) is 18.4 Å². The van der Waals surface area contributed by atoms with E-state index in [1.165, 1.54) is 33.4 Å². The van der Waals surface area contributed by atoms with Gasteiger partial charge in [0.15, 0.2) is 11.5 Å². The maximum absolute atomic E-state index is 13.1. The molecule has 28 heavy (non-hydrogen) atoms. The number of nitriles is 1. The highest BCUT2D eigenvalue weighted by atomic mass is 19.4. The van der Waals surface area contributed by atoms with Crippen molar-refractivity contribution in [1.29, 1.82) is 5.26 Å². The summed E-state index contributed by atoms with van der Waals surface area (Å²) in [5.74, 6) is -0.00737. The Morgan fingerprint density at radius 2 is 1.68 bits per heavy atom. The van der Waals surface area contributed by atoms with Crippen LogP contribution in [0.4, 0.5) is 18.9 Å². The number of methoxy groups -OCH3 is 2. The Kier molecular flexibility index (Phi) is 5.88. The van der Waals surface area contributed by atoms with Crippen LogP contribution in [0.15, 0.2) is 24.3 Å². The molecule has 0 radical (unpaired) electrons. The molecule has 0 aromatic heterocycles. The van der Waals surface area contributed by atoms with Crippen LogP contribution in [0.2, 0.25) is 0 Å². The van der Waals surface area contributed by atoms with Crippen LogP contribution in [0.3, 0.4) is 0 Å². The van der Waals surface area contributed by atoms with Crippen LogP contribution in [0.1, 0.15) is 32.6 Å². The molecule has 0 aliphatic rings. The number of carbonyl (C=O) groups is 1. The molecule has 0 spiro atoms. The van der Waals surface area contributed by atoms with E-state index in [1.807, 2.05) is 6.07 Å². The largest absolute Gasteiger partial charge is 0.493 e. The lowest BCUT2D eigenvalue weighted by molar-refractivity contribution is -0.137. The van der Waals surface area contributed by atoms with Gasteiger partial charge in [0, 0.05) is 23.9 Å². The van der Waals surface area contributed by atoms with E-state index in [9.17, 15) is 23.2 Å². The summed E-state index contributed by atoms with van der Waals surface area (Å²) in [5, 5.41) is 9.59. The quantitative estimate of drug-likeness (QED) is 0.769. The summed E-state index contributed by atoms with van der Waals surface area (Å²) in [6.07, 6.45) is -4.53. The van der Waals surface area contributed by atoms with E-state index in [2.05, 4.69) is 0 Å². The Hall–Kier alpha value is -3.21. The van der Waals surface area contributed by atoms with E-state index in [1.54, 1.807) is 13.8 Å². The van der Waals surface area contributed by atoms with Gasteiger partial charge in [-0.1, -0.05) is 6.07 Å². The molecule has 8 heteroatoms. The van der Waals surface area contributed by atoms with Gasteiger partial charge in [0.2, 0.25) is 0 Å². The van der Waals surface area contributed by atoms with Crippen LogP contribution in [0, 0.1) is 25.2 Å². The molecule has 0 atom stereocenters. The fourth-order valence-electron chi connectivity index (χ4n) is 3.02. The maximum Gasteiger partial charge on any atom is 0.416 e. The van der Waals surface area contributed by atoms with Crippen LogP contribution >= 0.6 is 0 Å². The first-order valence-corrected chi connectivity index (χ1v) is 8.19. The molecule has 0 aliphatic heterocycles. The molecule has 0 saturated carbocycles. The molecule has 0 bridgehead atoms. The molecule has 0 aliphatic carbocycles. The molecule has 0 saturated heterocycles. The van der Waals surface area contributed by atoms with Gasteiger partial charge in [-0.15, -0.1) is 0 Å². The van der Waals surface area contributed by atoms with Crippen LogP contribution < -0.4 is 14.4 Å². The highest BCUT2D eigenvalue weighted by Crippen LogP contribution is 2.40. The Bertz CT molecular complexity index is 959. The first kappa shape index (κ1) is 21.1. The van der Waals surface area contributed by atoms with Crippen molar-refractivity contribution >= 4 is 11.6 Å². The molecule has 1 amide bonds. The summed E-state index contributed by atoms with van der Waals surface area (Å²) in [6.45, 7) is 3.20. The third kappa shape index (κ3) is 3.60. The molecule has 2 aromatic carbocycles. The minimum atomic E-state index is -4.53. The predicted octanol–water partition coefficient (Wildman–Crippen LogP) is 4.49. The minimum absolute atomic E-state index is 0.0514. The first-order valence-electron chi connectivity index (χ1n) is 8.19. The van der Waals surface area contributed by atoms with Crippen LogP contribution in [0.5, 0.6) is 11.5 Å². The van der Waals surface area contributed by atoms with Crippen molar-refractivity contribution in [3.63, 3.8) is 0 Å². The van der Waals surface area contributed by atoms with Crippen molar-refractivity contribution in [2.45, 2.75) is 20.0 Å². The molecule has 0 fully saturated rings. The Morgan fingerprint density at radius 3 is 2.18 bits per heavy atom. The van der Waals surface area contributed by atoms with E-state index in [0.717, 1.165) is 17.0 Å². The van der Waals surface area contributed by atoms with Gasteiger partial charge in [0.05, 0.1) is 30.9 Å². The fraction of sp³-hybridized carbons (Fsp3) is 0.300. The molecule has 0 N–H and O–H groups in total. The molecule has 148 valence electrons. The van der Waals surface area contributed by atoms with E-state index >= 15 is 0 Å². The number of ether oxygens (including phenoxy) is 2.